The lowest BCUT2D eigenvalue weighted by atomic mass is 9.85. The van der Waals surface area contributed by atoms with Crippen molar-refractivity contribution in [2.75, 3.05) is 13.1 Å². The molecule has 0 spiro atoms. The van der Waals surface area contributed by atoms with Crippen molar-refractivity contribution < 1.29 is 14.7 Å². The Morgan fingerprint density at radius 2 is 1.96 bits per heavy atom. The number of carboxylic acids is 1. The number of hydrogen-bond donors (Lipinski definition) is 2. The minimum atomic E-state index is -0.777. The van der Waals surface area contributed by atoms with E-state index >= 15 is 0 Å². The number of hydrogen-bond acceptors (Lipinski definition) is 4. The van der Waals surface area contributed by atoms with E-state index in [0.717, 1.165) is 24.9 Å². The van der Waals surface area contributed by atoms with E-state index in [1.807, 2.05) is 6.07 Å². The highest BCUT2D eigenvalue weighted by Crippen LogP contribution is 2.33. The molecule has 1 aromatic rings. The number of pyridine rings is 1. The third kappa shape index (κ3) is 4.81. The predicted molar refractivity (Wildman–Crippen MR) is 99.1 cm³/mol. The Bertz CT molecular complexity index is 656. The fourth-order valence-corrected chi connectivity index (χ4v) is 3.38. The molecular formula is C20H29N3O3. The molecule has 26 heavy (non-hydrogen) atoms. The minimum Gasteiger partial charge on any atom is -0.480 e. The van der Waals surface area contributed by atoms with Crippen LogP contribution in [0.3, 0.4) is 0 Å². The van der Waals surface area contributed by atoms with Crippen LogP contribution < -0.4 is 5.32 Å². The summed E-state index contributed by atoms with van der Waals surface area (Å²) in [5.74, 6) is -0.268. The van der Waals surface area contributed by atoms with Gasteiger partial charge in [-0.3, -0.25) is 19.5 Å². The van der Waals surface area contributed by atoms with Crippen molar-refractivity contribution in [3.63, 3.8) is 0 Å². The number of carboxylic acid groups (broad SMARTS) is 1. The normalized spacial score (nSPS) is 22.8. The van der Waals surface area contributed by atoms with Crippen LogP contribution in [-0.4, -0.2) is 52.0 Å². The molecule has 0 saturated heterocycles. The molecule has 0 radical (unpaired) electrons. The highest BCUT2D eigenvalue weighted by atomic mass is 16.4. The molecule has 2 fully saturated rings. The Morgan fingerprint density at radius 1 is 1.27 bits per heavy atom. The maximum absolute atomic E-state index is 12.4. The van der Waals surface area contributed by atoms with Crippen molar-refractivity contribution in [2.24, 2.45) is 5.92 Å². The molecule has 6 nitrogen and oxygen atoms in total. The van der Waals surface area contributed by atoms with Gasteiger partial charge in [0.25, 0.3) is 5.91 Å². The monoisotopic (exact) mass is 359 g/mol. The van der Waals surface area contributed by atoms with Crippen LogP contribution in [0.4, 0.5) is 0 Å². The second-order valence-electron chi connectivity index (χ2n) is 8.74. The van der Waals surface area contributed by atoms with E-state index in [9.17, 15) is 9.59 Å². The van der Waals surface area contributed by atoms with Crippen molar-refractivity contribution in [3.05, 3.63) is 29.6 Å². The van der Waals surface area contributed by atoms with Gasteiger partial charge in [-0.1, -0.05) is 26.8 Å². The summed E-state index contributed by atoms with van der Waals surface area (Å²) in [6.45, 7) is 7.30. The van der Waals surface area contributed by atoms with Gasteiger partial charge in [-0.05, 0) is 48.6 Å². The zero-order valence-electron chi connectivity index (χ0n) is 15.9. The van der Waals surface area contributed by atoms with E-state index < -0.39 is 5.97 Å². The molecule has 2 aliphatic carbocycles. The van der Waals surface area contributed by atoms with Gasteiger partial charge in [0.15, 0.2) is 0 Å². The topological polar surface area (TPSA) is 82.5 Å². The molecule has 1 amide bonds. The molecule has 0 bridgehead atoms. The van der Waals surface area contributed by atoms with Crippen molar-refractivity contribution in [3.8, 4) is 0 Å². The third-order valence-electron chi connectivity index (χ3n) is 5.35. The van der Waals surface area contributed by atoms with Gasteiger partial charge in [0, 0.05) is 24.8 Å². The summed E-state index contributed by atoms with van der Waals surface area (Å²) in [5.41, 5.74) is 1.54. The van der Waals surface area contributed by atoms with E-state index in [1.165, 1.54) is 12.8 Å². The summed E-state index contributed by atoms with van der Waals surface area (Å²) < 4.78 is 0. The molecule has 0 aliphatic heterocycles. The van der Waals surface area contributed by atoms with Crippen LogP contribution in [0.5, 0.6) is 0 Å². The maximum atomic E-state index is 12.4. The standard InChI is InChI=1S/C20H29N3O3/c1-20(2,3)14-6-7-17(21-10-14)19(26)22-15-8-16(9-15)23(12-18(24)25)11-13-4-5-13/h6-7,10,13,15-16H,4-5,8-9,11-12H2,1-3H3,(H,22,26)(H,24,25). The number of nitrogens with zero attached hydrogens (tertiary/aromatic N) is 2. The number of nitrogens with one attached hydrogen (secondary N) is 1. The van der Waals surface area contributed by atoms with E-state index in [2.05, 4.69) is 36.0 Å². The van der Waals surface area contributed by atoms with Gasteiger partial charge in [-0.25, -0.2) is 0 Å². The van der Waals surface area contributed by atoms with E-state index in [4.69, 9.17) is 5.11 Å². The fourth-order valence-electron chi connectivity index (χ4n) is 3.38. The van der Waals surface area contributed by atoms with E-state index in [-0.39, 0.29) is 30.0 Å². The summed E-state index contributed by atoms with van der Waals surface area (Å²) in [4.78, 5) is 29.8. The second-order valence-corrected chi connectivity index (χ2v) is 8.74. The first-order valence-electron chi connectivity index (χ1n) is 9.45. The SMILES string of the molecule is CC(C)(C)c1ccc(C(=O)NC2CC(N(CC(=O)O)CC3CC3)C2)nc1. The molecule has 6 heteroatoms. The number of amides is 1. The van der Waals surface area contributed by atoms with Crippen molar-refractivity contribution >= 4 is 11.9 Å². The number of aliphatic carboxylic acids is 1. The molecule has 1 aromatic heterocycles. The van der Waals surface area contributed by atoms with Crippen molar-refractivity contribution in [1.82, 2.24) is 15.2 Å². The maximum Gasteiger partial charge on any atom is 0.317 e. The molecule has 0 atom stereocenters. The average Bonchev–Trinajstić information content (AvgIpc) is 3.32. The Morgan fingerprint density at radius 3 is 2.46 bits per heavy atom. The molecular weight excluding hydrogens is 330 g/mol. The first-order chi connectivity index (χ1) is 12.2. The van der Waals surface area contributed by atoms with Gasteiger partial charge in [0.05, 0.1) is 6.54 Å². The summed E-state index contributed by atoms with van der Waals surface area (Å²) >= 11 is 0. The van der Waals surface area contributed by atoms with Crippen LogP contribution in [0.25, 0.3) is 0 Å². The fraction of sp³-hybridized carbons (Fsp3) is 0.650. The van der Waals surface area contributed by atoms with Crippen molar-refractivity contribution in [1.29, 1.82) is 0 Å². The minimum absolute atomic E-state index is 0.0123. The number of carbonyl (C=O) groups is 2. The second kappa shape index (κ2) is 7.35. The van der Waals surface area contributed by atoms with Gasteiger partial charge in [-0.15, -0.1) is 0 Å². The molecule has 2 N–H and O–H groups in total. The lowest BCUT2D eigenvalue weighted by Crippen LogP contribution is -2.55. The van der Waals surface area contributed by atoms with Crippen LogP contribution in [0.15, 0.2) is 18.3 Å². The zero-order chi connectivity index (χ0) is 18.9. The zero-order valence-corrected chi connectivity index (χ0v) is 15.9. The largest absolute Gasteiger partial charge is 0.480 e. The third-order valence-corrected chi connectivity index (χ3v) is 5.35. The molecule has 2 saturated carbocycles. The first-order valence-corrected chi connectivity index (χ1v) is 9.45. The van der Waals surface area contributed by atoms with Crippen LogP contribution in [-0.2, 0) is 10.2 Å². The van der Waals surface area contributed by atoms with Crippen LogP contribution in [0.2, 0.25) is 0 Å². The Labute approximate surface area is 155 Å². The van der Waals surface area contributed by atoms with Gasteiger partial charge in [0.1, 0.15) is 5.69 Å². The van der Waals surface area contributed by atoms with Crippen LogP contribution in [0, 0.1) is 5.92 Å². The molecule has 1 heterocycles. The van der Waals surface area contributed by atoms with Gasteiger partial charge in [0.2, 0.25) is 0 Å². The van der Waals surface area contributed by atoms with Gasteiger partial charge < -0.3 is 10.4 Å². The Balaban J connectivity index is 1.49. The molecule has 0 aromatic carbocycles. The van der Waals surface area contributed by atoms with E-state index in [0.29, 0.717) is 11.6 Å². The number of carbonyl (C=O) groups excluding carboxylic acids is 1. The predicted octanol–water partition coefficient (Wildman–Crippen LogP) is 2.44. The average molecular weight is 359 g/mol. The summed E-state index contributed by atoms with van der Waals surface area (Å²) in [6.07, 6.45) is 5.80. The summed E-state index contributed by atoms with van der Waals surface area (Å²) in [5, 5.41) is 12.1. The highest BCUT2D eigenvalue weighted by molar-refractivity contribution is 5.92. The molecule has 142 valence electrons. The van der Waals surface area contributed by atoms with Crippen molar-refractivity contribution in [2.45, 2.75) is 64.0 Å². The number of rotatable bonds is 7. The smallest absolute Gasteiger partial charge is 0.317 e. The number of aromatic nitrogens is 1. The summed E-state index contributed by atoms with van der Waals surface area (Å²) in [7, 11) is 0. The van der Waals surface area contributed by atoms with Gasteiger partial charge in [-0.2, -0.15) is 0 Å². The molecule has 3 rings (SSSR count). The molecule has 0 unspecified atom stereocenters. The Kier molecular flexibility index (Phi) is 5.32. The lowest BCUT2D eigenvalue weighted by Gasteiger charge is -2.42. The lowest BCUT2D eigenvalue weighted by molar-refractivity contribution is -0.139. The van der Waals surface area contributed by atoms with Crippen LogP contribution >= 0.6 is 0 Å². The highest BCUT2D eigenvalue weighted by Gasteiger charge is 2.37. The summed E-state index contributed by atoms with van der Waals surface area (Å²) in [6, 6.07) is 4.09. The quantitative estimate of drug-likeness (QED) is 0.781. The molecule has 2 aliphatic rings. The van der Waals surface area contributed by atoms with E-state index in [1.54, 1.807) is 12.3 Å². The van der Waals surface area contributed by atoms with Gasteiger partial charge >= 0.3 is 5.97 Å². The first kappa shape index (κ1) is 18.8. The van der Waals surface area contributed by atoms with Crippen LogP contribution in [0.1, 0.15) is 62.5 Å². The Hall–Kier alpha value is -1.95.